The highest BCUT2D eigenvalue weighted by molar-refractivity contribution is 9.10. The number of alkyl halides is 1. The summed E-state index contributed by atoms with van der Waals surface area (Å²) < 4.78 is 9.59. The molecule has 0 bridgehead atoms. The van der Waals surface area contributed by atoms with Gasteiger partial charge < -0.3 is 14.4 Å². The molecule has 0 N–H and O–H groups in total. The number of fused-ring (bicyclic) bond motifs is 1. The van der Waals surface area contributed by atoms with Gasteiger partial charge in [0.1, 0.15) is 5.75 Å². The van der Waals surface area contributed by atoms with E-state index in [9.17, 15) is 9.59 Å². The van der Waals surface area contributed by atoms with E-state index in [4.69, 9.17) is 9.47 Å². The van der Waals surface area contributed by atoms with Gasteiger partial charge in [-0.25, -0.2) is 4.79 Å². The molecule has 0 fully saturated rings. The minimum absolute atomic E-state index is 0.315. The summed E-state index contributed by atoms with van der Waals surface area (Å²) in [6.45, 7) is 2.31. The first-order chi connectivity index (χ1) is 10.4. The zero-order valence-corrected chi connectivity index (χ0v) is 15.8. The van der Waals surface area contributed by atoms with Crippen molar-refractivity contribution >= 4 is 49.4 Å². The molecule has 1 aromatic carbocycles. The first-order valence-electron chi connectivity index (χ1n) is 6.84. The van der Waals surface area contributed by atoms with E-state index in [0.29, 0.717) is 25.1 Å². The average molecular weight is 435 g/mol. The minimum atomic E-state index is -1.35. The number of halogens is 2. The molecule has 0 radical (unpaired) electrons. The Bertz CT molecular complexity index is 620. The number of esters is 1. The number of rotatable bonds is 3. The van der Waals surface area contributed by atoms with E-state index in [1.54, 1.807) is 12.0 Å². The number of benzene rings is 1. The maximum absolute atomic E-state index is 12.9. The Morgan fingerprint density at radius 2 is 2.09 bits per heavy atom. The highest BCUT2D eigenvalue weighted by Crippen LogP contribution is 2.40. The molecule has 120 valence electrons. The van der Waals surface area contributed by atoms with Gasteiger partial charge in [0.2, 0.25) is 4.32 Å². The number of methoxy groups -OCH3 is 2. The minimum Gasteiger partial charge on any atom is -0.495 e. The average Bonchev–Trinajstić information content (AvgIpc) is 2.62. The largest absolute Gasteiger partial charge is 0.495 e. The van der Waals surface area contributed by atoms with Gasteiger partial charge in [0.05, 0.1) is 24.4 Å². The van der Waals surface area contributed by atoms with Crippen molar-refractivity contribution in [3.8, 4) is 5.75 Å². The van der Waals surface area contributed by atoms with E-state index in [1.807, 2.05) is 19.1 Å². The Labute approximate surface area is 146 Å². The van der Waals surface area contributed by atoms with E-state index in [-0.39, 0.29) is 5.91 Å². The van der Waals surface area contributed by atoms with Crippen LogP contribution in [0.1, 0.15) is 18.9 Å². The van der Waals surface area contributed by atoms with Gasteiger partial charge in [0, 0.05) is 12.6 Å². The van der Waals surface area contributed by atoms with Crippen molar-refractivity contribution < 1.29 is 19.1 Å². The number of anilines is 1. The molecule has 1 aliphatic heterocycles. The number of nitrogens with zero attached hydrogens (tertiary/aromatic N) is 1. The van der Waals surface area contributed by atoms with Crippen LogP contribution < -0.4 is 9.64 Å². The SMILES string of the molecule is CCN1C(=O)C(Br)(C(=O)OC)CCc2cc(Br)c(OC)cc21. The van der Waals surface area contributed by atoms with E-state index in [1.165, 1.54) is 7.11 Å². The predicted octanol–water partition coefficient (Wildman–Crippen LogP) is 3.06. The predicted molar refractivity (Wildman–Crippen MR) is 90.7 cm³/mol. The molecular formula is C15H17Br2NO4. The van der Waals surface area contributed by atoms with Crippen molar-refractivity contribution in [2.24, 2.45) is 0 Å². The van der Waals surface area contributed by atoms with E-state index in [2.05, 4.69) is 31.9 Å². The number of carbonyl (C=O) groups excluding carboxylic acids is 2. The van der Waals surface area contributed by atoms with Gasteiger partial charge in [-0.1, -0.05) is 15.9 Å². The summed E-state index contributed by atoms with van der Waals surface area (Å²) in [5, 5.41) is 0. The van der Waals surface area contributed by atoms with Crippen LogP contribution in [-0.2, 0) is 20.7 Å². The lowest BCUT2D eigenvalue weighted by atomic mass is 10.0. The molecule has 1 unspecified atom stereocenters. The lowest BCUT2D eigenvalue weighted by molar-refractivity contribution is -0.146. The topological polar surface area (TPSA) is 55.8 Å². The van der Waals surface area contributed by atoms with Gasteiger partial charge >= 0.3 is 5.97 Å². The smallest absolute Gasteiger partial charge is 0.332 e. The second kappa shape index (κ2) is 6.58. The lowest BCUT2D eigenvalue weighted by Gasteiger charge is -2.28. The molecule has 1 heterocycles. The summed E-state index contributed by atoms with van der Waals surface area (Å²) in [6.07, 6.45) is 0.904. The van der Waals surface area contributed by atoms with Crippen LogP contribution in [0.25, 0.3) is 0 Å². The number of hydrogen-bond donors (Lipinski definition) is 0. The van der Waals surface area contributed by atoms with Crippen LogP contribution in [-0.4, -0.2) is 37.0 Å². The Kier molecular flexibility index (Phi) is 5.17. The molecule has 7 heteroatoms. The van der Waals surface area contributed by atoms with Gasteiger partial charge in [-0.2, -0.15) is 0 Å². The Morgan fingerprint density at radius 3 is 2.64 bits per heavy atom. The molecule has 2 rings (SSSR count). The fourth-order valence-electron chi connectivity index (χ4n) is 2.59. The van der Waals surface area contributed by atoms with Crippen LogP contribution in [0, 0.1) is 0 Å². The fraction of sp³-hybridized carbons (Fsp3) is 0.467. The maximum Gasteiger partial charge on any atom is 0.332 e. The molecule has 1 aromatic rings. The van der Waals surface area contributed by atoms with Gasteiger partial charge in [0.15, 0.2) is 0 Å². The van der Waals surface area contributed by atoms with E-state index in [0.717, 1.165) is 15.7 Å². The summed E-state index contributed by atoms with van der Waals surface area (Å²) in [5.41, 5.74) is 1.74. The third-order valence-corrected chi connectivity index (χ3v) is 5.47. The van der Waals surface area contributed by atoms with Crippen molar-refractivity contribution in [3.63, 3.8) is 0 Å². The molecule has 1 aliphatic rings. The Morgan fingerprint density at radius 1 is 1.41 bits per heavy atom. The van der Waals surface area contributed by atoms with Crippen molar-refractivity contribution in [3.05, 3.63) is 22.2 Å². The summed E-state index contributed by atoms with van der Waals surface area (Å²) in [5.74, 6) is -0.245. The number of aryl methyl sites for hydroxylation is 1. The zero-order valence-electron chi connectivity index (χ0n) is 12.6. The molecule has 0 aliphatic carbocycles. The molecule has 22 heavy (non-hydrogen) atoms. The van der Waals surface area contributed by atoms with Gasteiger partial charge in [0.25, 0.3) is 5.91 Å². The number of carbonyl (C=O) groups is 2. The van der Waals surface area contributed by atoms with Crippen LogP contribution in [0.5, 0.6) is 5.75 Å². The Hall–Kier alpha value is -1.08. The first-order valence-corrected chi connectivity index (χ1v) is 8.43. The zero-order chi connectivity index (χ0) is 16.5. The van der Waals surface area contributed by atoms with E-state index < -0.39 is 10.3 Å². The number of amides is 1. The molecular weight excluding hydrogens is 418 g/mol. The summed E-state index contributed by atoms with van der Waals surface area (Å²) in [4.78, 5) is 26.6. The van der Waals surface area contributed by atoms with Crippen LogP contribution in [0.4, 0.5) is 5.69 Å². The molecule has 0 aromatic heterocycles. The number of hydrogen-bond acceptors (Lipinski definition) is 4. The first kappa shape index (κ1) is 17.3. The molecule has 1 atom stereocenters. The molecule has 0 saturated carbocycles. The summed E-state index contributed by atoms with van der Waals surface area (Å²) >= 11 is 6.78. The monoisotopic (exact) mass is 433 g/mol. The standard InChI is InChI=1S/C15H17Br2NO4/c1-4-18-11-8-12(21-2)10(16)7-9(11)5-6-15(17,13(18)19)14(20)22-3/h7-8H,4-6H2,1-3H3. The molecule has 1 amide bonds. The van der Waals surface area contributed by atoms with Gasteiger partial charge in [-0.15, -0.1) is 0 Å². The summed E-state index contributed by atoms with van der Waals surface area (Å²) in [6, 6.07) is 3.75. The van der Waals surface area contributed by atoms with Gasteiger partial charge in [-0.3, -0.25) is 4.79 Å². The van der Waals surface area contributed by atoms with Crippen molar-refractivity contribution in [2.75, 3.05) is 25.7 Å². The van der Waals surface area contributed by atoms with Crippen molar-refractivity contribution in [1.29, 1.82) is 0 Å². The Balaban J connectivity index is 2.57. The molecule has 0 spiro atoms. The second-order valence-electron chi connectivity index (χ2n) is 4.96. The quantitative estimate of drug-likeness (QED) is 0.416. The molecule has 5 nitrogen and oxygen atoms in total. The van der Waals surface area contributed by atoms with E-state index >= 15 is 0 Å². The fourth-order valence-corrected chi connectivity index (χ4v) is 3.72. The van der Waals surface area contributed by atoms with Gasteiger partial charge in [-0.05, 0) is 47.3 Å². The van der Waals surface area contributed by atoms with Crippen molar-refractivity contribution in [2.45, 2.75) is 24.1 Å². The normalized spacial score (nSPS) is 21.1. The maximum atomic E-state index is 12.9. The lowest BCUT2D eigenvalue weighted by Crippen LogP contribution is -2.50. The highest BCUT2D eigenvalue weighted by atomic mass is 79.9. The highest BCUT2D eigenvalue weighted by Gasteiger charge is 2.49. The number of ether oxygens (including phenoxy) is 2. The second-order valence-corrected chi connectivity index (χ2v) is 7.17. The third kappa shape index (κ3) is 2.76. The molecule has 0 saturated heterocycles. The van der Waals surface area contributed by atoms with Crippen molar-refractivity contribution in [1.82, 2.24) is 0 Å². The third-order valence-electron chi connectivity index (χ3n) is 3.79. The van der Waals surface area contributed by atoms with Crippen LogP contribution >= 0.6 is 31.9 Å². The van der Waals surface area contributed by atoms with Crippen LogP contribution in [0.2, 0.25) is 0 Å². The summed E-state index contributed by atoms with van der Waals surface area (Å²) in [7, 11) is 2.86. The van der Waals surface area contributed by atoms with Crippen LogP contribution in [0.15, 0.2) is 16.6 Å². The van der Waals surface area contributed by atoms with Crippen LogP contribution in [0.3, 0.4) is 0 Å².